The minimum atomic E-state index is -0.571. The van der Waals surface area contributed by atoms with Gasteiger partial charge in [-0.05, 0) is 24.1 Å². The number of methoxy groups -OCH3 is 1. The number of aromatic nitrogens is 3. The van der Waals surface area contributed by atoms with Crippen LogP contribution in [0, 0.1) is 5.82 Å². The fourth-order valence-corrected chi connectivity index (χ4v) is 4.78. The van der Waals surface area contributed by atoms with Gasteiger partial charge < -0.3 is 14.6 Å². The number of aryl methyl sites for hydroxylation is 1. The first kappa shape index (κ1) is 23.0. The van der Waals surface area contributed by atoms with Gasteiger partial charge in [0.1, 0.15) is 22.2 Å². The third kappa shape index (κ3) is 5.31. The highest BCUT2D eigenvalue weighted by atomic mass is 32.2. The van der Waals surface area contributed by atoms with E-state index in [2.05, 4.69) is 22.4 Å². The topological polar surface area (TPSA) is 86.1 Å². The molecule has 31 heavy (non-hydrogen) atoms. The summed E-state index contributed by atoms with van der Waals surface area (Å²) in [4.78, 5) is 25.0. The lowest BCUT2D eigenvalue weighted by Crippen LogP contribution is -2.16. The number of thioether (sulfide) groups is 1. The Kier molecular flexibility index (Phi) is 7.80. The van der Waals surface area contributed by atoms with Crippen molar-refractivity contribution in [1.29, 1.82) is 0 Å². The van der Waals surface area contributed by atoms with Crippen LogP contribution >= 0.6 is 23.1 Å². The van der Waals surface area contributed by atoms with Crippen molar-refractivity contribution in [3.63, 3.8) is 0 Å². The Hall–Kier alpha value is -2.72. The third-order valence-corrected chi connectivity index (χ3v) is 6.34. The minimum Gasteiger partial charge on any atom is -0.465 e. The van der Waals surface area contributed by atoms with E-state index in [1.54, 1.807) is 17.5 Å². The maximum atomic E-state index is 13.3. The molecule has 3 aromatic rings. The summed E-state index contributed by atoms with van der Waals surface area (Å²) in [5, 5.41) is 14.0. The summed E-state index contributed by atoms with van der Waals surface area (Å²) < 4.78 is 20.2. The number of carbonyl (C=O) groups excluding carboxylic acids is 2. The summed E-state index contributed by atoms with van der Waals surface area (Å²) >= 11 is 2.52. The molecule has 2 aromatic heterocycles. The average Bonchev–Trinajstić information content (AvgIpc) is 3.36. The molecule has 3 rings (SSSR count). The van der Waals surface area contributed by atoms with E-state index in [0.717, 1.165) is 25.2 Å². The Labute approximate surface area is 188 Å². The van der Waals surface area contributed by atoms with Crippen LogP contribution in [0.5, 0.6) is 0 Å². The lowest BCUT2D eigenvalue weighted by Gasteiger charge is -2.09. The van der Waals surface area contributed by atoms with Crippen molar-refractivity contribution in [1.82, 2.24) is 14.8 Å². The van der Waals surface area contributed by atoms with Gasteiger partial charge in [0.25, 0.3) is 0 Å². The molecule has 0 aliphatic heterocycles. The van der Waals surface area contributed by atoms with Gasteiger partial charge in [0.05, 0.1) is 12.9 Å². The lowest BCUT2D eigenvalue weighted by atomic mass is 10.0. The number of esters is 1. The Morgan fingerprint density at radius 3 is 2.61 bits per heavy atom. The van der Waals surface area contributed by atoms with Crippen molar-refractivity contribution in [2.24, 2.45) is 0 Å². The van der Waals surface area contributed by atoms with Crippen LogP contribution in [-0.2, 0) is 22.5 Å². The number of carbonyl (C=O) groups is 2. The van der Waals surface area contributed by atoms with Crippen molar-refractivity contribution in [3.8, 4) is 11.1 Å². The largest absolute Gasteiger partial charge is 0.465 e. The van der Waals surface area contributed by atoms with Crippen LogP contribution in [0.2, 0.25) is 0 Å². The van der Waals surface area contributed by atoms with E-state index >= 15 is 0 Å². The van der Waals surface area contributed by atoms with Gasteiger partial charge >= 0.3 is 5.97 Å². The number of nitrogens with one attached hydrogen (secondary N) is 1. The number of benzene rings is 1. The van der Waals surface area contributed by atoms with Gasteiger partial charge in [-0.15, -0.1) is 21.5 Å². The third-order valence-electron chi connectivity index (χ3n) is 4.48. The number of hydrogen-bond acceptors (Lipinski definition) is 7. The molecule has 0 aliphatic carbocycles. The van der Waals surface area contributed by atoms with Crippen LogP contribution in [-0.4, -0.2) is 39.5 Å². The van der Waals surface area contributed by atoms with Crippen LogP contribution in [0.4, 0.5) is 9.39 Å². The first-order chi connectivity index (χ1) is 15.0. The number of ether oxygens (including phenoxy) is 1. The summed E-state index contributed by atoms with van der Waals surface area (Å²) in [5.41, 5.74) is 1.49. The zero-order valence-electron chi connectivity index (χ0n) is 17.5. The fraction of sp³-hybridized carbons (Fsp3) is 0.333. The Bertz CT molecular complexity index is 1060. The smallest absolute Gasteiger partial charge is 0.341 e. The molecule has 0 spiro atoms. The number of halogens is 1. The molecule has 0 radical (unpaired) electrons. The highest BCUT2D eigenvalue weighted by Crippen LogP contribution is 2.36. The van der Waals surface area contributed by atoms with E-state index in [1.165, 1.54) is 42.3 Å². The van der Waals surface area contributed by atoms with Crippen molar-refractivity contribution in [2.45, 2.75) is 38.4 Å². The van der Waals surface area contributed by atoms with Crippen LogP contribution in [0.15, 0.2) is 34.8 Å². The zero-order chi connectivity index (χ0) is 22.4. The van der Waals surface area contributed by atoms with E-state index in [4.69, 9.17) is 4.74 Å². The van der Waals surface area contributed by atoms with Gasteiger partial charge in [0, 0.05) is 23.9 Å². The maximum Gasteiger partial charge on any atom is 0.341 e. The van der Waals surface area contributed by atoms with Crippen molar-refractivity contribution < 1.29 is 18.7 Å². The number of thiophene rings is 1. The van der Waals surface area contributed by atoms with E-state index in [0.29, 0.717) is 21.3 Å². The highest BCUT2D eigenvalue weighted by Gasteiger charge is 2.23. The Balaban J connectivity index is 1.76. The number of anilines is 1. The summed E-state index contributed by atoms with van der Waals surface area (Å²) in [6, 6.07) is 5.80. The predicted molar refractivity (Wildman–Crippen MR) is 120 cm³/mol. The molecule has 10 heteroatoms. The van der Waals surface area contributed by atoms with Crippen LogP contribution in [0.3, 0.4) is 0 Å². The average molecular weight is 463 g/mol. The normalized spacial score (nSPS) is 10.8. The predicted octanol–water partition coefficient (Wildman–Crippen LogP) is 4.64. The standard InChI is InChI=1S/C21H23FN4O3S2/c1-4-10-26-16(5-2)24-25-21(26)31-12-17(27)23-19-18(20(28)29-3)15(11-30-19)13-6-8-14(22)9-7-13/h6-9,11H,4-5,10,12H2,1-3H3,(H,23,27). The first-order valence-corrected chi connectivity index (χ1v) is 11.6. The molecular weight excluding hydrogens is 439 g/mol. The Morgan fingerprint density at radius 1 is 1.23 bits per heavy atom. The molecule has 2 heterocycles. The molecule has 0 aliphatic rings. The number of nitrogens with zero attached hydrogens (tertiary/aromatic N) is 3. The zero-order valence-corrected chi connectivity index (χ0v) is 19.1. The van der Waals surface area contributed by atoms with E-state index in [-0.39, 0.29) is 23.0 Å². The SMILES string of the molecule is CCCn1c(CC)nnc1SCC(=O)Nc1scc(-c2ccc(F)cc2)c1C(=O)OC. The summed E-state index contributed by atoms with van der Waals surface area (Å²) in [6.07, 6.45) is 1.71. The van der Waals surface area contributed by atoms with Gasteiger partial charge in [-0.1, -0.05) is 37.7 Å². The lowest BCUT2D eigenvalue weighted by molar-refractivity contribution is -0.113. The molecule has 0 unspecified atom stereocenters. The molecule has 0 fully saturated rings. The summed E-state index contributed by atoms with van der Waals surface area (Å²) in [5.74, 6) is -0.201. The van der Waals surface area contributed by atoms with Crippen LogP contribution < -0.4 is 5.32 Å². The number of rotatable bonds is 9. The van der Waals surface area contributed by atoms with Gasteiger partial charge in [-0.3, -0.25) is 4.79 Å². The molecule has 1 amide bonds. The van der Waals surface area contributed by atoms with Gasteiger partial charge in [0.15, 0.2) is 5.16 Å². The van der Waals surface area contributed by atoms with Crippen molar-refractivity contribution in [2.75, 3.05) is 18.2 Å². The maximum absolute atomic E-state index is 13.3. The molecule has 164 valence electrons. The first-order valence-electron chi connectivity index (χ1n) is 9.78. The van der Waals surface area contributed by atoms with E-state index in [9.17, 15) is 14.0 Å². The molecule has 0 atom stereocenters. The second-order valence-corrected chi connectivity index (χ2v) is 8.41. The highest BCUT2D eigenvalue weighted by molar-refractivity contribution is 7.99. The van der Waals surface area contributed by atoms with Gasteiger partial charge in [-0.2, -0.15) is 0 Å². The molecule has 1 aromatic carbocycles. The van der Waals surface area contributed by atoms with Gasteiger partial charge in [-0.25, -0.2) is 9.18 Å². The van der Waals surface area contributed by atoms with Crippen molar-refractivity contribution in [3.05, 3.63) is 46.9 Å². The number of amides is 1. The molecule has 0 saturated heterocycles. The van der Waals surface area contributed by atoms with Crippen molar-refractivity contribution >= 4 is 40.0 Å². The monoisotopic (exact) mass is 462 g/mol. The Morgan fingerprint density at radius 2 is 1.97 bits per heavy atom. The second-order valence-electron chi connectivity index (χ2n) is 6.59. The fourth-order valence-electron chi connectivity index (χ4n) is 3.02. The van der Waals surface area contributed by atoms with Gasteiger partial charge in [0.2, 0.25) is 5.91 Å². The quantitative estimate of drug-likeness (QED) is 0.368. The minimum absolute atomic E-state index is 0.121. The number of hydrogen-bond donors (Lipinski definition) is 1. The second kappa shape index (κ2) is 10.5. The molecule has 0 bridgehead atoms. The molecule has 0 saturated carbocycles. The van der Waals surface area contributed by atoms with E-state index < -0.39 is 5.97 Å². The van der Waals surface area contributed by atoms with E-state index in [1.807, 2.05) is 11.5 Å². The summed E-state index contributed by atoms with van der Waals surface area (Å²) in [6.45, 7) is 4.88. The van der Waals surface area contributed by atoms with Crippen LogP contribution in [0.1, 0.15) is 36.5 Å². The molecule has 1 N–H and O–H groups in total. The molecule has 7 nitrogen and oxygen atoms in total. The molecular formula is C21H23FN4O3S2. The summed E-state index contributed by atoms with van der Waals surface area (Å²) in [7, 11) is 1.28. The van der Waals surface area contributed by atoms with Crippen LogP contribution in [0.25, 0.3) is 11.1 Å².